The fourth-order valence-electron chi connectivity index (χ4n) is 4.41. The van der Waals surface area contributed by atoms with E-state index in [-0.39, 0.29) is 24.6 Å². The molecule has 0 saturated carbocycles. The number of para-hydroxylation sites is 1. The average Bonchev–Trinajstić information content (AvgIpc) is 3.29. The van der Waals surface area contributed by atoms with Crippen LogP contribution in [0.15, 0.2) is 54.7 Å². The number of carboxylic acid groups (broad SMARTS) is 1. The van der Waals surface area contributed by atoms with Crippen molar-refractivity contribution >= 4 is 34.9 Å². The minimum absolute atomic E-state index is 0.0409. The molecule has 0 unspecified atom stereocenters. The molecule has 0 radical (unpaired) electrons. The van der Waals surface area contributed by atoms with Crippen LogP contribution >= 0.6 is 23.2 Å². The van der Waals surface area contributed by atoms with Crippen molar-refractivity contribution in [2.24, 2.45) is 0 Å². The smallest absolute Gasteiger partial charge is 0.338 e. The second-order valence-electron chi connectivity index (χ2n) is 9.48. The highest BCUT2D eigenvalue weighted by molar-refractivity contribution is 6.37. The van der Waals surface area contributed by atoms with Crippen molar-refractivity contribution in [3.05, 3.63) is 104 Å². The number of aromatic nitrogens is 2. The number of nitrogens with zero attached hydrogens (tertiary/aromatic N) is 3. The van der Waals surface area contributed by atoms with Crippen molar-refractivity contribution in [3.63, 3.8) is 0 Å². The Morgan fingerprint density at radius 3 is 2.41 bits per heavy atom. The van der Waals surface area contributed by atoms with E-state index in [9.17, 15) is 13.6 Å². The van der Waals surface area contributed by atoms with E-state index in [2.05, 4.69) is 18.9 Å². The first-order chi connectivity index (χ1) is 18.5. The molecular formula is C29H27Cl2F2N3O3. The molecule has 204 valence electrons. The van der Waals surface area contributed by atoms with Crippen LogP contribution in [0.2, 0.25) is 10.0 Å². The Morgan fingerprint density at radius 2 is 1.79 bits per heavy atom. The number of carbonyl (C=O) groups is 1. The van der Waals surface area contributed by atoms with E-state index in [0.717, 1.165) is 28.6 Å². The molecule has 0 fully saturated rings. The summed E-state index contributed by atoms with van der Waals surface area (Å²) in [6.07, 6.45) is 1.79. The van der Waals surface area contributed by atoms with Gasteiger partial charge in [-0.1, -0.05) is 49.2 Å². The van der Waals surface area contributed by atoms with Gasteiger partial charge >= 0.3 is 5.97 Å². The zero-order chi connectivity index (χ0) is 28.4. The standard InChI is InChI=1S/C29H27Cl2F2N3O3/c1-16(2)21-13-34-36(28-22(30)6-5-7-23(28)31)25(21)15-39-19-9-11-24(17(3)12-19)35(4)14-18-8-10-20(29(37)38)27(33)26(18)32/h5-13,16H,14-15H2,1-4H3,(H,37,38). The third kappa shape index (κ3) is 5.87. The number of hydrogen-bond acceptors (Lipinski definition) is 4. The molecule has 6 nitrogen and oxygen atoms in total. The maximum absolute atomic E-state index is 14.5. The summed E-state index contributed by atoms with van der Waals surface area (Å²) in [6, 6.07) is 13.1. The van der Waals surface area contributed by atoms with Crippen molar-refractivity contribution < 1.29 is 23.4 Å². The molecule has 0 atom stereocenters. The number of halogens is 4. The van der Waals surface area contributed by atoms with E-state index in [1.807, 2.05) is 19.1 Å². The van der Waals surface area contributed by atoms with Crippen LogP contribution in [-0.2, 0) is 13.2 Å². The molecule has 0 bridgehead atoms. The Kier molecular flexibility index (Phi) is 8.47. The summed E-state index contributed by atoms with van der Waals surface area (Å²) in [7, 11) is 1.74. The minimum atomic E-state index is -1.52. The zero-order valence-electron chi connectivity index (χ0n) is 21.8. The molecule has 39 heavy (non-hydrogen) atoms. The number of aromatic carboxylic acids is 1. The van der Waals surface area contributed by atoms with E-state index in [1.165, 1.54) is 6.07 Å². The molecule has 0 amide bonds. The number of benzene rings is 3. The monoisotopic (exact) mass is 573 g/mol. The van der Waals surface area contributed by atoms with Crippen LogP contribution in [-0.4, -0.2) is 27.9 Å². The molecule has 1 heterocycles. The lowest BCUT2D eigenvalue weighted by Crippen LogP contribution is -2.19. The van der Waals surface area contributed by atoms with Crippen LogP contribution < -0.4 is 9.64 Å². The predicted octanol–water partition coefficient (Wildman–Crippen LogP) is 7.80. The Labute approximate surface area is 235 Å². The lowest BCUT2D eigenvalue weighted by Gasteiger charge is -2.23. The van der Waals surface area contributed by atoms with Crippen molar-refractivity contribution in [3.8, 4) is 11.4 Å². The van der Waals surface area contributed by atoms with Gasteiger partial charge in [-0.15, -0.1) is 0 Å². The SMILES string of the molecule is Cc1cc(OCc2c(C(C)C)cnn2-c2c(Cl)cccc2Cl)ccc1N(C)Cc1ccc(C(=O)O)c(F)c1F. The molecule has 1 aromatic heterocycles. The van der Waals surface area contributed by atoms with Gasteiger partial charge in [-0.2, -0.15) is 5.10 Å². The summed E-state index contributed by atoms with van der Waals surface area (Å²) in [4.78, 5) is 12.8. The van der Waals surface area contributed by atoms with E-state index in [1.54, 1.807) is 47.1 Å². The van der Waals surface area contributed by atoms with Gasteiger partial charge in [-0.05, 0) is 60.4 Å². The first-order valence-electron chi connectivity index (χ1n) is 12.2. The summed E-state index contributed by atoms with van der Waals surface area (Å²) >= 11 is 12.9. The third-order valence-electron chi connectivity index (χ3n) is 6.43. The summed E-state index contributed by atoms with van der Waals surface area (Å²) in [6.45, 7) is 6.27. The molecule has 10 heteroatoms. The van der Waals surface area contributed by atoms with E-state index in [4.69, 9.17) is 33.0 Å². The number of carboxylic acids is 1. The van der Waals surface area contributed by atoms with Crippen molar-refractivity contribution in [2.75, 3.05) is 11.9 Å². The van der Waals surface area contributed by atoms with Gasteiger partial charge in [0.25, 0.3) is 0 Å². The van der Waals surface area contributed by atoms with Gasteiger partial charge in [-0.3, -0.25) is 0 Å². The summed E-state index contributed by atoms with van der Waals surface area (Å²) in [5.41, 5.74) is 3.38. The van der Waals surface area contributed by atoms with E-state index < -0.39 is 23.2 Å². The predicted molar refractivity (Wildman–Crippen MR) is 149 cm³/mol. The number of rotatable bonds is 9. The van der Waals surface area contributed by atoms with Gasteiger partial charge in [0.05, 0.1) is 27.5 Å². The second kappa shape index (κ2) is 11.6. The topological polar surface area (TPSA) is 67.6 Å². The highest BCUT2D eigenvalue weighted by Gasteiger charge is 2.21. The van der Waals surface area contributed by atoms with Crippen LogP contribution in [0, 0.1) is 18.6 Å². The summed E-state index contributed by atoms with van der Waals surface area (Å²) in [5, 5.41) is 14.5. The van der Waals surface area contributed by atoms with E-state index in [0.29, 0.717) is 21.5 Å². The maximum atomic E-state index is 14.5. The Morgan fingerprint density at radius 1 is 1.10 bits per heavy atom. The molecule has 4 aromatic rings. The largest absolute Gasteiger partial charge is 0.487 e. The van der Waals surface area contributed by atoms with Crippen molar-refractivity contribution in [1.29, 1.82) is 0 Å². The number of anilines is 1. The Hall–Kier alpha value is -3.62. The van der Waals surface area contributed by atoms with Gasteiger partial charge in [0.15, 0.2) is 11.6 Å². The van der Waals surface area contributed by atoms with Crippen LogP contribution in [0.3, 0.4) is 0 Å². The molecule has 4 rings (SSSR count). The van der Waals surface area contributed by atoms with Gasteiger partial charge in [-0.25, -0.2) is 18.3 Å². The summed E-state index contributed by atoms with van der Waals surface area (Å²) < 4.78 is 36.5. The molecule has 0 aliphatic rings. The zero-order valence-corrected chi connectivity index (χ0v) is 23.3. The number of ether oxygens (including phenoxy) is 1. The Balaban J connectivity index is 1.55. The molecule has 1 N–H and O–H groups in total. The van der Waals surface area contributed by atoms with Crippen molar-refractivity contribution in [2.45, 2.75) is 39.8 Å². The number of hydrogen-bond donors (Lipinski definition) is 1. The summed E-state index contributed by atoms with van der Waals surface area (Å²) in [5.74, 6) is -3.26. The van der Waals surface area contributed by atoms with E-state index >= 15 is 0 Å². The molecule has 0 aliphatic carbocycles. The van der Waals surface area contributed by atoms with Crippen LogP contribution in [0.1, 0.15) is 52.5 Å². The molecule has 0 spiro atoms. The Bertz CT molecular complexity index is 1520. The second-order valence-corrected chi connectivity index (χ2v) is 10.3. The third-order valence-corrected chi connectivity index (χ3v) is 7.04. The minimum Gasteiger partial charge on any atom is -0.487 e. The van der Waals surface area contributed by atoms with Gasteiger partial charge in [0, 0.05) is 24.8 Å². The normalized spacial score (nSPS) is 11.2. The lowest BCUT2D eigenvalue weighted by molar-refractivity contribution is 0.0690. The maximum Gasteiger partial charge on any atom is 0.338 e. The lowest BCUT2D eigenvalue weighted by atomic mass is 10.0. The highest BCUT2D eigenvalue weighted by Crippen LogP contribution is 2.33. The van der Waals surface area contributed by atoms with Crippen LogP contribution in [0.25, 0.3) is 5.69 Å². The van der Waals surface area contributed by atoms with Gasteiger partial charge < -0.3 is 14.7 Å². The molecule has 0 saturated heterocycles. The molecular weight excluding hydrogens is 547 g/mol. The van der Waals surface area contributed by atoms with Crippen LogP contribution in [0.4, 0.5) is 14.5 Å². The van der Waals surface area contributed by atoms with Crippen LogP contribution in [0.5, 0.6) is 5.75 Å². The van der Waals surface area contributed by atoms with Gasteiger partial charge in [0.1, 0.15) is 18.0 Å². The fourth-order valence-corrected chi connectivity index (χ4v) is 4.97. The quantitative estimate of drug-likeness (QED) is 0.221. The average molecular weight is 574 g/mol. The van der Waals surface area contributed by atoms with Gasteiger partial charge in [0.2, 0.25) is 0 Å². The fraction of sp³-hybridized carbons (Fsp3) is 0.241. The first kappa shape index (κ1) is 28.4. The first-order valence-corrected chi connectivity index (χ1v) is 12.9. The number of aryl methyl sites for hydroxylation is 1. The molecule has 0 aliphatic heterocycles. The molecule has 3 aromatic carbocycles. The van der Waals surface area contributed by atoms with Crippen molar-refractivity contribution in [1.82, 2.24) is 9.78 Å². The highest BCUT2D eigenvalue weighted by atomic mass is 35.5.